The monoisotopic (exact) mass is 830 g/mol. The highest BCUT2D eigenvalue weighted by molar-refractivity contribution is 6.13. The zero-order valence-electron chi connectivity index (χ0n) is 35.8. The van der Waals surface area contributed by atoms with E-state index in [9.17, 15) is 0 Å². The van der Waals surface area contributed by atoms with Gasteiger partial charge < -0.3 is 18.6 Å². The Balaban J connectivity index is 0.840. The van der Waals surface area contributed by atoms with Gasteiger partial charge in [-0.25, -0.2) is 0 Å². The van der Waals surface area contributed by atoms with Crippen LogP contribution in [0.4, 0.5) is 11.4 Å². The number of para-hydroxylation sites is 6. The van der Waals surface area contributed by atoms with Crippen molar-refractivity contribution in [1.82, 2.24) is 13.7 Å². The highest BCUT2D eigenvalue weighted by Gasteiger charge is 2.48. The molecule has 0 amide bonds. The second-order valence-electron chi connectivity index (χ2n) is 17.9. The normalized spacial score (nSPS) is 16.9. The van der Waals surface area contributed by atoms with Crippen molar-refractivity contribution in [3.05, 3.63) is 236 Å². The standard InChI is InChI=1S/C61H42N4/c1-61-39-45(64-57-23-11-4-16-48(57)49-17-5-12-24-58(49)64)35-37-53(61)52-19-7-13-25-59(52)65(61)43-32-28-41(29-33-43)40-26-30-42(31-27-40)62-54-20-8-6-18-50(54)51-36-34-44(38-60(51)62)63-55-21-9-2-14-46(55)47-15-3-10-22-56(47)63/h2-39,53H,1H3. The van der Waals surface area contributed by atoms with Crippen LogP contribution in [0, 0.1) is 0 Å². The molecule has 1 aliphatic heterocycles. The number of benzene rings is 9. The first-order valence-electron chi connectivity index (χ1n) is 22.6. The van der Waals surface area contributed by atoms with Crippen molar-refractivity contribution in [3.63, 3.8) is 0 Å². The van der Waals surface area contributed by atoms with E-state index in [1.54, 1.807) is 0 Å². The Bertz CT molecular complexity index is 3860. The first-order chi connectivity index (χ1) is 32.1. The molecule has 4 nitrogen and oxygen atoms in total. The minimum atomic E-state index is -0.326. The maximum Gasteiger partial charge on any atom is 0.0732 e. The van der Waals surface area contributed by atoms with E-state index < -0.39 is 0 Å². The molecule has 4 heteroatoms. The Morgan fingerprint density at radius 2 is 0.785 bits per heavy atom. The number of hydrogen-bond donors (Lipinski definition) is 0. The topological polar surface area (TPSA) is 18.0 Å². The molecule has 3 aromatic heterocycles. The van der Waals surface area contributed by atoms with E-state index in [0.29, 0.717) is 0 Å². The van der Waals surface area contributed by atoms with Gasteiger partial charge in [0.15, 0.2) is 0 Å². The van der Waals surface area contributed by atoms with Crippen LogP contribution in [0.25, 0.3) is 93.6 Å². The lowest BCUT2D eigenvalue weighted by molar-refractivity contribution is 0.542. The summed E-state index contributed by atoms with van der Waals surface area (Å²) in [5.74, 6) is 0.210. The molecule has 9 aromatic carbocycles. The Morgan fingerprint density at radius 3 is 1.32 bits per heavy atom. The maximum absolute atomic E-state index is 2.56. The van der Waals surface area contributed by atoms with Crippen molar-refractivity contribution in [1.29, 1.82) is 0 Å². The van der Waals surface area contributed by atoms with E-state index >= 15 is 0 Å². The SMILES string of the molecule is CC12C=C(n3c4ccccc4c4ccccc43)C=CC1c1ccccc1N2c1ccc(-c2ccc(-n3c4ccccc4c4ccc(-n5c6ccccc6c6ccccc65)cc43)cc2)cc1. The van der Waals surface area contributed by atoms with E-state index in [1.165, 1.54) is 99.2 Å². The fourth-order valence-corrected chi connectivity index (χ4v) is 11.6. The van der Waals surface area contributed by atoms with Gasteiger partial charge in [-0.1, -0.05) is 146 Å². The van der Waals surface area contributed by atoms with Crippen molar-refractivity contribution >= 4 is 82.5 Å². The predicted molar refractivity (Wildman–Crippen MR) is 273 cm³/mol. The number of allylic oxidation sites excluding steroid dienone is 2. The quantitative estimate of drug-likeness (QED) is 0.169. The minimum absolute atomic E-state index is 0.210. The number of rotatable bonds is 5. The fourth-order valence-electron chi connectivity index (χ4n) is 11.6. The van der Waals surface area contributed by atoms with Gasteiger partial charge in [0.2, 0.25) is 0 Å². The predicted octanol–water partition coefficient (Wildman–Crippen LogP) is 15.8. The largest absolute Gasteiger partial charge is 0.331 e. The van der Waals surface area contributed by atoms with Crippen molar-refractivity contribution in [2.45, 2.75) is 18.4 Å². The summed E-state index contributed by atoms with van der Waals surface area (Å²) in [6.07, 6.45) is 7.27. The zero-order valence-corrected chi connectivity index (χ0v) is 35.8. The molecule has 0 fully saturated rings. The molecule has 4 heterocycles. The smallest absolute Gasteiger partial charge is 0.0732 e. The van der Waals surface area contributed by atoms with Crippen LogP contribution in [0.3, 0.4) is 0 Å². The van der Waals surface area contributed by atoms with Crippen LogP contribution in [0.1, 0.15) is 18.4 Å². The number of anilines is 2. The van der Waals surface area contributed by atoms with E-state index in [1.807, 2.05) is 0 Å². The van der Waals surface area contributed by atoms with Crippen molar-refractivity contribution < 1.29 is 0 Å². The van der Waals surface area contributed by atoms with Crippen LogP contribution in [-0.4, -0.2) is 19.2 Å². The lowest BCUT2D eigenvalue weighted by Gasteiger charge is -2.40. The fraction of sp³-hybridized carbons (Fsp3) is 0.0492. The Labute approximate surface area is 376 Å². The summed E-state index contributed by atoms with van der Waals surface area (Å²) in [7, 11) is 0. The minimum Gasteiger partial charge on any atom is -0.331 e. The number of hydrogen-bond acceptors (Lipinski definition) is 1. The Kier molecular flexibility index (Phi) is 7.56. The summed E-state index contributed by atoms with van der Waals surface area (Å²) in [6, 6.07) is 78.0. The summed E-state index contributed by atoms with van der Waals surface area (Å²) in [5.41, 5.74) is 16.6. The van der Waals surface area contributed by atoms with E-state index in [-0.39, 0.29) is 11.5 Å². The molecule has 0 radical (unpaired) electrons. The maximum atomic E-state index is 2.56. The molecule has 65 heavy (non-hydrogen) atoms. The van der Waals surface area contributed by atoms with Gasteiger partial charge in [-0.3, -0.25) is 0 Å². The molecule has 0 saturated carbocycles. The molecule has 2 unspecified atom stereocenters. The zero-order chi connectivity index (χ0) is 42.8. The van der Waals surface area contributed by atoms with Crippen molar-refractivity contribution in [3.8, 4) is 22.5 Å². The lowest BCUT2D eigenvalue weighted by atomic mass is 9.79. The van der Waals surface area contributed by atoms with Gasteiger partial charge in [0.25, 0.3) is 0 Å². The van der Waals surface area contributed by atoms with Crippen LogP contribution in [0.5, 0.6) is 0 Å². The van der Waals surface area contributed by atoms with Crippen LogP contribution in [0.2, 0.25) is 0 Å². The highest BCUT2D eigenvalue weighted by atomic mass is 15.2. The third-order valence-corrected chi connectivity index (χ3v) is 14.4. The molecule has 0 spiro atoms. The van der Waals surface area contributed by atoms with Gasteiger partial charge in [-0.2, -0.15) is 0 Å². The second kappa shape index (κ2) is 13.6. The van der Waals surface area contributed by atoms with Crippen LogP contribution in [0.15, 0.2) is 231 Å². The van der Waals surface area contributed by atoms with Crippen molar-refractivity contribution in [2.24, 2.45) is 0 Å². The van der Waals surface area contributed by atoms with Gasteiger partial charge in [-0.05, 0) is 109 Å². The van der Waals surface area contributed by atoms with Crippen LogP contribution >= 0.6 is 0 Å². The van der Waals surface area contributed by atoms with E-state index in [4.69, 9.17) is 0 Å². The van der Waals surface area contributed by atoms with Gasteiger partial charge in [0.05, 0.1) is 38.6 Å². The van der Waals surface area contributed by atoms with E-state index in [0.717, 1.165) is 11.4 Å². The molecule has 2 atom stereocenters. The average Bonchev–Trinajstić information content (AvgIpc) is 4.07. The van der Waals surface area contributed by atoms with Gasteiger partial charge in [-0.15, -0.1) is 0 Å². The molecule has 1 aliphatic carbocycles. The summed E-state index contributed by atoms with van der Waals surface area (Å²) in [5, 5.41) is 7.59. The number of nitrogens with zero attached hydrogens (tertiary/aromatic N) is 4. The second-order valence-corrected chi connectivity index (χ2v) is 17.9. The summed E-state index contributed by atoms with van der Waals surface area (Å²) in [4.78, 5) is 2.56. The van der Waals surface area contributed by atoms with Crippen LogP contribution in [-0.2, 0) is 0 Å². The molecule has 12 aromatic rings. The lowest BCUT2D eigenvalue weighted by Crippen LogP contribution is -2.42. The molecule has 0 saturated heterocycles. The van der Waals surface area contributed by atoms with Crippen LogP contribution < -0.4 is 4.90 Å². The third-order valence-electron chi connectivity index (χ3n) is 14.4. The summed E-state index contributed by atoms with van der Waals surface area (Å²) < 4.78 is 7.28. The summed E-state index contributed by atoms with van der Waals surface area (Å²) in [6.45, 7) is 2.40. The molecular formula is C61H42N4. The van der Waals surface area contributed by atoms with Gasteiger partial charge in [0, 0.05) is 66.7 Å². The molecule has 306 valence electrons. The van der Waals surface area contributed by atoms with Crippen molar-refractivity contribution in [2.75, 3.05) is 4.90 Å². The molecule has 14 rings (SSSR count). The summed E-state index contributed by atoms with van der Waals surface area (Å²) >= 11 is 0. The molecule has 2 aliphatic rings. The first kappa shape index (κ1) is 36.2. The number of aromatic nitrogens is 3. The Hall–Kier alpha value is -8.34. The van der Waals surface area contributed by atoms with E-state index in [2.05, 4.69) is 256 Å². The highest BCUT2D eigenvalue weighted by Crippen LogP contribution is 2.55. The molecule has 0 bridgehead atoms. The first-order valence-corrected chi connectivity index (χ1v) is 22.6. The molecular weight excluding hydrogens is 789 g/mol. The molecule has 0 N–H and O–H groups in total. The number of fused-ring (bicyclic) bond motifs is 12. The van der Waals surface area contributed by atoms with Gasteiger partial charge >= 0.3 is 0 Å². The third kappa shape index (κ3) is 5.14. The van der Waals surface area contributed by atoms with Gasteiger partial charge in [0.1, 0.15) is 0 Å². The Morgan fingerprint density at radius 1 is 0.369 bits per heavy atom. The average molecular weight is 831 g/mol.